The second-order valence-electron chi connectivity index (χ2n) is 6.16. The molecule has 0 spiro atoms. The van der Waals surface area contributed by atoms with Crippen molar-refractivity contribution >= 4 is 11.8 Å². The highest BCUT2D eigenvalue weighted by Crippen LogP contribution is 2.22. The van der Waals surface area contributed by atoms with Gasteiger partial charge in [-0.05, 0) is 5.56 Å². The average molecular weight is 373 g/mol. The monoisotopic (exact) mass is 373 g/mol. The lowest BCUT2D eigenvalue weighted by atomic mass is 9.99. The summed E-state index contributed by atoms with van der Waals surface area (Å²) in [6.07, 6.45) is 1.39. The molecule has 1 saturated heterocycles. The second-order valence-corrected chi connectivity index (χ2v) is 6.16. The van der Waals surface area contributed by atoms with E-state index in [4.69, 9.17) is 9.47 Å². The van der Waals surface area contributed by atoms with E-state index in [1.807, 2.05) is 34.9 Å². The van der Waals surface area contributed by atoms with Crippen LogP contribution in [-0.2, 0) is 32.0 Å². The van der Waals surface area contributed by atoms with Gasteiger partial charge in [0, 0.05) is 26.6 Å². The van der Waals surface area contributed by atoms with E-state index in [-0.39, 0.29) is 18.4 Å². The molecular weight excluding hydrogens is 350 g/mol. The average Bonchev–Trinajstić information content (AvgIpc) is 3.14. The van der Waals surface area contributed by atoms with Crippen molar-refractivity contribution in [1.29, 1.82) is 0 Å². The van der Waals surface area contributed by atoms with Crippen molar-refractivity contribution in [3.63, 3.8) is 0 Å². The SMILES string of the molecule is COCCn1cnnc1CCNC(=O)[C@H]1OCC(=O)N[C@@H]1c1ccccc1. The van der Waals surface area contributed by atoms with Gasteiger partial charge in [-0.15, -0.1) is 10.2 Å². The van der Waals surface area contributed by atoms with Crippen LogP contribution in [0.25, 0.3) is 0 Å². The van der Waals surface area contributed by atoms with Crippen LogP contribution in [0, 0.1) is 0 Å². The third-order valence-corrected chi connectivity index (χ3v) is 4.31. The number of amides is 2. The molecule has 0 bridgehead atoms. The summed E-state index contributed by atoms with van der Waals surface area (Å²) in [5.74, 6) is 0.260. The first-order valence-electron chi connectivity index (χ1n) is 8.78. The number of nitrogens with zero attached hydrogens (tertiary/aromatic N) is 3. The molecular formula is C18H23N5O4. The fraction of sp³-hybridized carbons (Fsp3) is 0.444. The number of benzene rings is 1. The van der Waals surface area contributed by atoms with Crippen molar-refractivity contribution in [2.75, 3.05) is 26.9 Å². The lowest BCUT2D eigenvalue weighted by Crippen LogP contribution is -2.52. The molecule has 1 aromatic heterocycles. The highest BCUT2D eigenvalue weighted by atomic mass is 16.5. The maximum absolute atomic E-state index is 12.6. The molecule has 9 nitrogen and oxygen atoms in total. The maximum atomic E-state index is 12.6. The normalized spacial score (nSPS) is 19.5. The van der Waals surface area contributed by atoms with Crippen LogP contribution < -0.4 is 10.6 Å². The van der Waals surface area contributed by atoms with Crippen molar-refractivity contribution in [3.05, 3.63) is 48.0 Å². The zero-order valence-corrected chi connectivity index (χ0v) is 15.1. The molecule has 2 N–H and O–H groups in total. The molecule has 0 aliphatic carbocycles. The first-order valence-corrected chi connectivity index (χ1v) is 8.78. The van der Waals surface area contributed by atoms with Crippen LogP contribution in [0.1, 0.15) is 17.4 Å². The van der Waals surface area contributed by atoms with Crippen LogP contribution in [0.4, 0.5) is 0 Å². The lowest BCUT2D eigenvalue weighted by Gasteiger charge is -2.31. The van der Waals surface area contributed by atoms with Crippen molar-refractivity contribution in [2.45, 2.75) is 25.1 Å². The van der Waals surface area contributed by atoms with E-state index in [0.717, 1.165) is 11.4 Å². The predicted molar refractivity (Wildman–Crippen MR) is 95.7 cm³/mol. The first-order chi connectivity index (χ1) is 13.2. The van der Waals surface area contributed by atoms with E-state index in [2.05, 4.69) is 20.8 Å². The Morgan fingerprint density at radius 3 is 3.00 bits per heavy atom. The van der Waals surface area contributed by atoms with Gasteiger partial charge in [-0.1, -0.05) is 30.3 Å². The third-order valence-electron chi connectivity index (χ3n) is 4.31. The van der Waals surface area contributed by atoms with E-state index >= 15 is 0 Å². The molecule has 27 heavy (non-hydrogen) atoms. The highest BCUT2D eigenvalue weighted by molar-refractivity contribution is 5.86. The number of nitrogens with one attached hydrogen (secondary N) is 2. The number of aromatic nitrogens is 3. The summed E-state index contributed by atoms with van der Waals surface area (Å²) in [4.78, 5) is 24.3. The van der Waals surface area contributed by atoms with Gasteiger partial charge >= 0.3 is 0 Å². The fourth-order valence-electron chi connectivity index (χ4n) is 2.95. The van der Waals surface area contributed by atoms with Gasteiger partial charge < -0.3 is 24.7 Å². The largest absolute Gasteiger partial charge is 0.383 e. The summed E-state index contributed by atoms with van der Waals surface area (Å²) in [5, 5.41) is 13.7. The highest BCUT2D eigenvalue weighted by Gasteiger charge is 2.35. The third kappa shape index (κ3) is 4.89. The molecule has 1 fully saturated rings. The van der Waals surface area contributed by atoms with Crippen molar-refractivity contribution in [2.24, 2.45) is 0 Å². The Hall–Kier alpha value is -2.78. The smallest absolute Gasteiger partial charge is 0.251 e. The minimum absolute atomic E-state index is 0.132. The lowest BCUT2D eigenvalue weighted by molar-refractivity contribution is -0.148. The van der Waals surface area contributed by atoms with Gasteiger partial charge in [0.15, 0.2) is 6.10 Å². The quantitative estimate of drug-likeness (QED) is 0.666. The topological polar surface area (TPSA) is 107 Å². The summed E-state index contributed by atoms with van der Waals surface area (Å²) in [6, 6.07) is 8.80. The first kappa shape index (κ1) is 19.0. The Morgan fingerprint density at radius 1 is 1.41 bits per heavy atom. The van der Waals surface area contributed by atoms with E-state index in [9.17, 15) is 9.59 Å². The van der Waals surface area contributed by atoms with E-state index in [0.29, 0.717) is 26.1 Å². The summed E-state index contributed by atoms with van der Waals surface area (Å²) in [5.41, 5.74) is 0.824. The number of carbonyl (C=O) groups is 2. The van der Waals surface area contributed by atoms with E-state index < -0.39 is 12.1 Å². The molecule has 9 heteroatoms. The number of methoxy groups -OCH3 is 1. The summed E-state index contributed by atoms with van der Waals surface area (Å²) in [6.45, 7) is 1.47. The molecule has 0 saturated carbocycles. The van der Waals surface area contributed by atoms with Crippen LogP contribution in [-0.4, -0.2) is 59.6 Å². The maximum Gasteiger partial charge on any atom is 0.251 e. The molecule has 144 valence electrons. The summed E-state index contributed by atoms with van der Waals surface area (Å²) >= 11 is 0. The zero-order valence-electron chi connectivity index (χ0n) is 15.1. The van der Waals surface area contributed by atoms with Gasteiger partial charge in [0.2, 0.25) is 5.91 Å². The van der Waals surface area contributed by atoms with Crippen LogP contribution in [0.15, 0.2) is 36.7 Å². The fourth-order valence-corrected chi connectivity index (χ4v) is 2.95. The molecule has 1 aliphatic heterocycles. The summed E-state index contributed by atoms with van der Waals surface area (Å²) in [7, 11) is 1.64. The Morgan fingerprint density at radius 2 is 2.22 bits per heavy atom. The Labute approximate surface area is 157 Å². The van der Waals surface area contributed by atoms with E-state index in [1.54, 1.807) is 13.4 Å². The number of rotatable bonds is 8. The molecule has 2 amide bonds. The number of carbonyl (C=O) groups excluding carboxylic acids is 2. The predicted octanol–water partition coefficient (Wildman–Crippen LogP) is -0.160. The van der Waals surface area contributed by atoms with Crippen LogP contribution >= 0.6 is 0 Å². The van der Waals surface area contributed by atoms with Crippen LogP contribution in [0.2, 0.25) is 0 Å². The van der Waals surface area contributed by atoms with Crippen molar-refractivity contribution in [1.82, 2.24) is 25.4 Å². The molecule has 2 aromatic rings. The minimum Gasteiger partial charge on any atom is -0.383 e. The second kappa shape index (κ2) is 9.24. The van der Waals surface area contributed by atoms with Gasteiger partial charge in [0.1, 0.15) is 18.8 Å². The molecule has 2 heterocycles. The minimum atomic E-state index is -0.781. The van der Waals surface area contributed by atoms with Gasteiger partial charge in [-0.2, -0.15) is 0 Å². The van der Waals surface area contributed by atoms with Gasteiger partial charge in [0.05, 0.1) is 12.6 Å². The Balaban J connectivity index is 1.58. The number of hydrogen-bond acceptors (Lipinski definition) is 6. The standard InChI is InChI=1S/C18H23N5O4/c1-26-10-9-23-12-20-22-14(23)7-8-19-18(25)17-16(21-15(24)11-27-17)13-5-3-2-4-6-13/h2-6,12,16-17H,7-11H2,1H3,(H,19,25)(H,21,24)/t16-,17+/m1/s1. The van der Waals surface area contributed by atoms with Gasteiger partial charge in [-0.3, -0.25) is 9.59 Å². The molecule has 0 radical (unpaired) electrons. The Bertz CT molecular complexity index is 764. The number of ether oxygens (including phenoxy) is 2. The summed E-state index contributed by atoms with van der Waals surface area (Å²) < 4.78 is 12.5. The molecule has 1 aliphatic rings. The molecule has 0 unspecified atom stereocenters. The molecule has 3 rings (SSSR count). The number of morpholine rings is 1. The zero-order chi connectivity index (χ0) is 19.1. The van der Waals surface area contributed by atoms with Gasteiger partial charge in [-0.25, -0.2) is 0 Å². The molecule has 2 atom stereocenters. The van der Waals surface area contributed by atoms with E-state index in [1.165, 1.54) is 0 Å². The number of hydrogen-bond donors (Lipinski definition) is 2. The Kier molecular flexibility index (Phi) is 6.50. The van der Waals surface area contributed by atoms with Gasteiger partial charge in [0.25, 0.3) is 5.91 Å². The van der Waals surface area contributed by atoms with Crippen molar-refractivity contribution in [3.8, 4) is 0 Å². The van der Waals surface area contributed by atoms with Crippen LogP contribution in [0.5, 0.6) is 0 Å². The van der Waals surface area contributed by atoms with Crippen molar-refractivity contribution < 1.29 is 19.1 Å². The van der Waals surface area contributed by atoms with Crippen LogP contribution in [0.3, 0.4) is 0 Å². The molecule has 1 aromatic carbocycles.